The zero-order chi connectivity index (χ0) is 24.5. The monoisotopic (exact) mass is 433 g/mol. The Morgan fingerprint density at radius 1 is 0.906 bits per heavy atom. The molecule has 174 valence electrons. The summed E-state index contributed by atoms with van der Waals surface area (Å²) in [7, 11) is 0. The van der Waals surface area contributed by atoms with E-state index in [1.54, 1.807) is 6.08 Å². The summed E-state index contributed by atoms with van der Waals surface area (Å²) in [6.45, 7) is 24.5. The van der Waals surface area contributed by atoms with Gasteiger partial charge >= 0.3 is 0 Å². The highest BCUT2D eigenvalue weighted by molar-refractivity contribution is 5.41. The largest absolute Gasteiger partial charge is 0.300 e. The molecule has 0 radical (unpaired) electrons. The van der Waals surface area contributed by atoms with E-state index in [2.05, 4.69) is 82.1 Å². The molecule has 0 heterocycles. The number of allylic oxidation sites excluding steroid dienone is 8. The van der Waals surface area contributed by atoms with Crippen molar-refractivity contribution in [3.05, 3.63) is 95.3 Å². The van der Waals surface area contributed by atoms with Crippen LogP contribution in [0, 0.1) is 11.3 Å². The van der Waals surface area contributed by atoms with Crippen LogP contribution in [0.4, 0.5) is 0 Å². The minimum Gasteiger partial charge on any atom is -0.300 e. The van der Waals surface area contributed by atoms with E-state index < -0.39 is 0 Å². The first-order valence-electron chi connectivity index (χ1n) is 11.5. The minimum atomic E-state index is 0.600. The number of rotatable bonds is 14. The Labute approximate surface area is 197 Å². The molecular formula is C29H43N3. The first-order valence-corrected chi connectivity index (χ1v) is 11.5. The lowest BCUT2D eigenvalue weighted by Gasteiger charge is -2.40. The standard InChI is InChI=1S/C29H43N3/c1-10-18-25(13-4)21-31(23-28(16-7)24(9)12-3)32(22-26(14-5)19-11-2)29(17-8)27(15-6)20-30/h11-17,19H,2,5,10,18,21-23H2,1,3-4,6-9H3/b24-12-,25-13+,26-19+,27-15-,28-16-,29-17+. The average molecular weight is 434 g/mol. The van der Waals surface area contributed by atoms with Crippen molar-refractivity contribution in [2.24, 2.45) is 0 Å². The van der Waals surface area contributed by atoms with Crippen LogP contribution in [0.2, 0.25) is 0 Å². The molecule has 0 rings (SSSR count). The molecule has 0 N–H and O–H groups in total. The number of hydrogen-bond acceptors (Lipinski definition) is 3. The second-order valence-corrected chi connectivity index (χ2v) is 7.53. The number of nitriles is 1. The zero-order valence-electron chi connectivity index (χ0n) is 21.4. The lowest BCUT2D eigenvalue weighted by molar-refractivity contribution is 0.0394. The van der Waals surface area contributed by atoms with Gasteiger partial charge in [0, 0.05) is 13.1 Å². The molecule has 0 amide bonds. The lowest BCUT2D eigenvalue weighted by Crippen LogP contribution is -2.45. The summed E-state index contributed by atoms with van der Waals surface area (Å²) in [6.07, 6.45) is 18.2. The summed E-state index contributed by atoms with van der Waals surface area (Å²) in [6, 6.07) is 2.37. The van der Waals surface area contributed by atoms with Crippen LogP contribution in [0.15, 0.2) is 95.3 Å². The Bertz CT molecular complexity index is 838. The van der Waals surface area contributed by atoms with Crippen LogP contribution in [0.1, 0.15) is 61.3 Å². The average Bonchev–Trinajstić information content (AvgIpc) is 2.82. The molecule has 0 saturated heterocycles. The summed E-state index contributed by atoms with van der Waals surface area (Å²) < 4.78 is 0. The molecule has 0 saturated carbocycles. The Balaban J connectivity index is 6.74. The van der Waals surface area contributed by atoms with Crippen molar-refractivity contribution in [2.75, 3.05) is 19.6 Å². The van der Waals surface area contributed by atoms with Gasteiger partial charge in [-0.05, 0) is 59.1 Å². The molecule has 0 aromatic rings. The summed E-state index contributed by atoms with van der Waals surface area (Å²) in [5.41, 5.74) is 6.50. The Kier molecular flexibility index (Phi) is 15.3. The molecule has 32 heavy (non-hydrogen) atoms. The van der Waals surface area contributed by atoms with Gasteiger partial charge in [0.25, 0.3) is 0 Å². The van der Waals surface area contributed by atoms with Crippen LogP contribution in [0.5, 0.6) is 0 Å². The normalized spacial score (nSPS) is 14.5. The molecule has 0 spiro atoms. The molecule has 0 atom stereocenters. The fourth-order valence-corrected chi connectivity index (χ4v) is 3.48. The van der Waals surface area contributed by atoms with E-state index in [9.17, 15) is 5.26 Å². The van der Waals surface area contributed by atoms with E-state index in [-0.39, 0.29) is 0 Å². The fourth-order valence-electron chi connectivity index (χ4n) is 3.48. The summed E-state index contributed by atoms with van der Waals surface area (Å²) in [5, 5.41) is 14.4. The van der Waals surface area contributed by atoms with E-state index in [1.165, 1.54) is 16.7 Å². The van der Waals surface area contributed by atoms with Gasteiger partial charge in [-0.25, -0.2) is 5.01 Å². The summed E-state index contributed by atoms with van der Waals surface area (Å²) >= 11 is 0. The third-order valence-corrected chi connectivity index (χ3v) is 5.51. The maximum Gasteiger partial charge on any atom is 0.101 e. The van der Waals surface area contributed by atoms with Crippen molar-refractivity contribution in [2.45, 2.75) is 61.3 Å². The number of nitrogens with zero attached hydrogens (tertiary/aromatic N) is 3. The van der Waals surface area contributed by atoms with Crippen molar-refractivity contribution >= 4 is 0 Å². The van der Waals surface area contributed by atoms with Crippen molar-refractivity contribution in [3.63, 3.8) is 0 Å². The van der Waals surface area contributed by atoms with E-state index in [0.717, 1.165) is 37.2 Å². The third kappa shape index (κ3) is 9.12. The summed E-state index contributed by atoms with van der Waals surface area (Å²) in [5.74, 6) is 0. The Morgan fingerprint density at radius 3 is 2.00 bits per heavy atom. The SMILES string of the molecule is C=C/C=C(\C=C)CN(C(=C/C)/C(C#N)=C\C)N(C/C(=C/C)CCC)CC(=C/C)/C(C)=C\C. The topological polar surface area (TPSA) is 30.3 Å². The van der Waals surface area contributed by atoms with E-state index >= 15 is 0 Å². The first-order chi connectivity index (χ1) is 15.4. The van der Waals surface area contributed by atoms with Crippen LogP contribution in [-0.4, -0.2) is 29.7 Å². The van der Waals surface area contributed by atoms with Crippen LogP contribution < -0.4 is 0 Å². The highest BCUT2D eigenvalue weighted by Crippen LogP contribution is 2.24. The second kappa shape index (κ2) is 16.8. The van der Waals surface area contributed by atoms with Gasteiger partial charge in [0.05, 0.1) is 17.8 Å². The van der Waals surface area contributed by atoms with Gasteiger partial charge in [-0.1, -0.05) is 86.3 Å². The molecular weight excluding hydrogens is 390 g/mol. The molecule has 0 aliphatic heterocycles. The van der Waals surface area contributed by atoms with E-state index in [0.29, 0.717) is 12.1 Å². The van der Waals surface area contributed by atoms with Crippen molar-refractivity contribution < 1.29 is 0 Å². The third-order valence-electron chi connectivity index (χ3n) is 5.51. The highest BCUT2D eigenvalue weighted by atomic mass is 15.6. The smallest absolute Gasteiger partial charge is 0.101 e. The van der Waals surface area contributed by atoms with Gasteiger partial charge in [0.2, 0.25) is 0 Å². The molecule has 0 aromatic carbocycles. The van der Waals surface area contributed by atoms with E-state index in [4.69, 9.17) is 0 Å². The molecule has 0 bridgehead atoms. The van der Waals surface area contributed by atoms with Crippen LogP contribution in [-0.2, 0) is 0 Å². The predicted octanol–water partition coefficient (Wildman–Crippen LogP) is 7.84. The second-order valence-electron chi connectivity index (χ2n) is 7.53. The molecule has 0 aliphatic carbocycles. The van der Waals surface area contributed by atoms with Gasteiger partial charge in [0.15, 0.2) is 0 Å². The number of hydrazine groups is 1. The molecule has 0 fully saturated rings. The van der Waals surface area contributed by atoms with Crippen LogP contribution in [0.25, 0.3) is 0 Å². The van der Waals surface area contributed by atoms with Gasteiger partial charge in [-0.15, -0.1) is 0 Å². The van der Waals surface area contributed by atoms with Crippen LogP contribution in [0.3, 0.4) is 0 Å². The molecule has 0 aliphatic rings. The predicted molar refractivity (Wildman–Crippen MR) is 142 cm³/mol. The van der Waals surface area contributed by atoms with Gasteiger partial charge in [-0.3, -0.25) is 5.01 Å². The van der Waals surface area contributed by atoms with Crippen molar-refractivity contribution in [1.29, 1.82) is 5.26 Å². The molecule has 3 heteroatoms. The summed E-state index contributed by atoms with van der Waals surface area (Å²) in [4.78, 5) is 0. The zero-order valence-corrected chi connectivity index (χ0v) is 21.4. The van der Waals surface area contributed by atoms with Gasteiger partial charge in [-0.2, -0.15) is 5.26 Å². The van der Waals surface area contributed by atoms with Crippen molar-refractivity contribution in [1.82, 2.24) is 10.0 Å². The van der Waals surface area contributed by atoms with Gasteiger partial charge in [0.1, 0.15) is 6.07 Å². The maximum atomic E-state index is 9.83. The van der Waals surface area contributed by atoms with Crippen LogP contribution >= 0.6 is 0 Å². The molecule has 0 aromatic heterocycles. The minimum absolute atomic E-state index is 0.600. The molecule has 3 nitrogen and oxygen atoms in total. The first kappa shape index (κ1) is 29.2. The molecule has 0 unspecified atom stereocenters. The Hall–Kier alpha value is -2.83. The fraction of sp³-hybridized carbons (Fsp3) is 0.414. The Morgan fingerprint density at radius 2 is 1.59 bits per heavy atom. The van der Waals surface area contributed by atoms with E-state index in [1.807, 2.05) is 38.2 Å². The lowest BCUT2D eigenvalue weighted by atomic mass is 10.1. The highest BCUT2D eigenvalue weighted by Gasteiger charge is 2.23. The van der Waals surface area contributed by atoms with Gasteiger partial charge < -0.3 is 0 Å². The maximum absolute atomic E-state index is 9.83. The number of hydrogen-bond donors (Lipinski definition) is 0. The van der Waals surface area contributed by atoms with Crippen molar-refractivity contribution in [3.8, 4) is 6.07 Å². The quantitative estimate of drug-likeness (QED) is 0.121.